The van der Waals surface area contributed by atoms with Crippen LogP contribution < -0.4 is 15.4 Å². The highest BCUT2D eigenvalue weighted by molar-refractivity contribution is 5.95. The van der Waals surface area contributed by atoms with Crippen LogP contribution in [-0.4, -0.2) is 23.2 Å². The molecule has 0 radical (unpaired) electrons. The van der Waals surface area contributed by atoms with Crippen LogP contribution in [0.25, 0.3) is 11.3 Å². The monoisotopic (exact) mass is 428 g/mol. The molecule has 3 aromatic carbocycles. The van der Waals surface area contributed by atoms with Crippen LogP contribution in [0.2, 0.25) is 0 Å². The van der Waals surface area contributed by atoms with Crippen LogP contribution in [0, 0.1) is 5.82 Å². The van der Waals surface area contributed by atoms with Crippen molar-refractivity contribution >= 4 is 17.4 Å². The molecule has 0 fully saturated rings. The van der Waals surface area contributed by atoms with Gasteiger partial charge >= 0.3 is 0 Å². The number of hydrogen-bond acceptors (Lipinski definition) is 5. The molecule has 0 bridgehead atoms. The van der Waals surface area contributed by atoms with E-state index in [-0.39, 0.29) is 11.7 Å². The topological polar surface area (TPSA) is 76.1 Å². The minimum absolute atomic E-state index is 0.179. The SMILES string of the molecule is COc1ccc(CNC(=O)c2cccc(Nc3ccc(-c4ccc(F)cc4)nn3)c2)cc1. The maximum atomic E-state index is 13.1. The zero-order valence-corrected chi connectivity index (χ0v) is 17.4. The standard InChI is InChI=1S/C25H21FN4O2/c1-32-22-11-5-17(6-12-22)16-27-25(31)19-3-2-4-21(15-19)28-24-14-13-23(29-30-24)18-7-9-20(26)10-8-18/h2-15H,16H2,1H3,(H,27,31)(H,28,30). The molecule has 0 atom stereocenters. The summed E-state index contributed by atoms with van der Waals surface area (Å²) in [6.07, 6.45) is 0. The average molecular weight is 428 g/mol. The maximum Gasteiger partial charge on any atom is 0.251 e. The predicted octanol–water partition coefficient (Wildman–Crippen LogP) is 4.96. The van der Waals surface area contributed by atoms with E-state index in [4.69, 9.17) is 4.74 Å². The van der Waals surface area contributed by atoms with Crippen molar-refractivity contribution in [3.63, 3.8) is 0 Å². The highest BCUT2D eigenvalue weighted by Gasteiger charge is 2.08. The van der Waals surface area contributed by atoms with Gasteiger partial charge in [0.1, 0.15) is 11.6 Å². The first-order chi connectivity index (χ1) is 15.6. The minimum Gasteiger partial charge on any atom is -0.497 e. The van der Waals surface area contributed by atoms with Crippen LogP contribution in [0.3, 0.4) is 0 Å². The molecule has 0 aliphatic carbocycles. The average Bonchev–Trinajstić information content (AvgIpc) is 2.84. The second kappa shape index (κ2) is 9.70. The van der Waals surface area contributed by atoms with Crippen molar-refractivity contribution in [3.05, 3.63) is 102 Å². The molecule has 4 rings (SSSR count). The number of ether oxygens (including phenoxy) is 1. The Morgan fingerprint density at radius 3 is 2.41 bits per heavy atom. The molecule has 0 unspecified atom stereocenters. The molecular weight excluding hydrogens is 407 g/mol. The number of nitrogens with one attached hydrogen (secondary N) is 2. The zero-order chi connectivity index (χ0) is 22.3. The molecule has 7 heteroatoms. The number of methoxy groups -OCH3 is 1. The minimum atomic E-state index is -0.298. The second-order valence-electron chi connectivity index (χ2n) is 7.05. The lowest BCUT2D eigenvalue weighted by Crippen LogP contribution is -2.22. The Balaban J connectivity index is 1.38. The summed E-state index contributed by atoms with van der Waals surface area (Å²) in [5.74, 6) is 0.828. The third-order valence-electron chi connectivity index (χ3n) is 4.81. The number of carbonyl (C=O) groups excluding carboxylic acids is 1. The van der Waals surface area contributed by atoms with E-state index in [1.54, 1.807) is 49.6 Å². The molecule has 32 heavy (non-hydrogen) atoms. The van der Waals surface area contributed by atoms with Crippen molar-refractivity contribution in [2.45, 2.75) is 6.54 Å². The third-order valence-corrected chi connectivity index (χ3v) is 4.81. The highest BCUT2D eigenvalue weighted by Crippen LogP contribution is 2.20. The van der Waals surface area contributed by atoms with Crippen molar-refractivity contribution in [1.29, 1.82) is 0 Å². The summed E-state index contributed by atoms with van der Waals surface area (Å²) in [6, 6.07) is 24.3. The predicted molar refractivity (Wildman–Crippen MR) is 121 cm³/mol. The lowest BCUT2D eigenvalue weighted by atomic mass is 10.1. The molecule has 0 saturated heterocycles. The zero-order valence-electron chi connectivity index (χ0n) is 17.4. The molecule has 2 N–H and O–H groups in total. The number of aromatic nitrogens is 2. The lowest BCUT2D eigenvalue weighted by Gasteiger charge is -2.09. The fraction of sp³-hybridized carbons (Fsp3) is 0.0800. The molecule has 1 amide bonds. The van der Waals surface area contributed by atoms with Crippen molar-refractivity contribution in [2.24, 2.45) is 0 Å². The summed E-state index contributed by atoms with van der Waals surface area (Å²) in [4.78, 5) is 12.6. The number of nitrogens with zero attached hydrogens (tertiary/aromatic N) is 2. The van der Waals surface area contributed by atoms with Gasteiger partial charge in [0.2, 0.25) is 0 Å². The van der Waals surface area contributed by atoms with Crippen molar-refractivity contribution in [1.82, 2.24) is 15.5 Å². The quantitative estimate of drug-likeness (QED) is 0.435. The van der Waals surface area contributed by atoms with Gasteiger partial charge in [0.25, 0.3) is 5.91 Å². The van der Waals surface area contributed by atoms with Crippen LogP contribution in [0.1, 0.15) is 15.9 Å². The molecule has 1 aromatic heterocycles. The van der Waals surface area contributed by atoms with E-state index >= 15 is 0 Å². The number of carbonyl (C=O) groups is 1. The van der Waals surface area contributed by atoms with Gasteiger partial charge in [-0.1, -0.05) is 18.2 Å². The summed E-state index contributed by atoms with van der Waals surface area (Å²) < 4.78 is 18.2. The Morgan fingerprint density at radius 2 is 1.72 bits per heavy atom. The van der Waals surface area contributed by atoms with Crippen LogP contribution in [-0.2, 0) is 6.54 Å². The number of anilines is 2. The summed E-state index contributed by atoms with van der Waals surface area (Å²) >= 11 is 0. The highest BCUT2D eigenvalue weighted by atomic mass is 19.1. The van der Waals surface area contributed by atoms with E-state index in [9.17, 15) is 9.18 Å². The molecule has 1 heterocycles. The molecule has 160 valence electrons. The van der Waals surface area contributed by atoms with Gasteiger partial charge in [0, 0.05) is 23.4 Å². The van der Waals surface area contributed by atoms with Gasteiger partial charge in [0.05, 0.1) is 12.8 Å². The van der Waals surface area contributed by atoms with E-state index < -0.39 is 0 Å². The van der Waals surface area contributed by atoms with Gasteiger partial charge in [-0.3, -0.25) is 4.79 Å². The first kappa shape index (κ1) is 21.0. The van der Waals surface area contributed by atoms with Crippen LogP contribution >= 0.6 is 0 Å². The van der Waals surface area contributed by atoms with E-state index in [0.29, 0.717) is 29.3 Å². The van der Waals surface area contributed by atoms with Gasteiger partial charge in [0.15, 0.2) is 5.82 Å². The number of halogens is 1. The van der Waals surface area contributed by atoms with E-state index in [1.165, 1.54) is 12.1 Å². The van der Waals surface area contributed by atoms with E-state index in [1.807, 2.05) is 30.3 Å². The normalized spacial score (nSPS) is 10.4. The fourth-order valence-corrected chi connectivity index (χ4v) is 3.09. The van der Waals surface area contributed by atoms with E-state index in [0.717, 1.165) is 16.9 Å². The molecule has 0 saturated carbocycles. The molecule has 4 aromatic rings. The fourth-order valence-electron chi connectivity index (χ4n) is 3.09. The smallest absolute Gasteiger partial charge is 0.251 e. The summed E-state index contributed by atoms with van der Waals surface area (Å²) in [7, 11) is 1.61. The Morgan fingerprint density at radius 1 is 0.938 bits per heavy atom. The number of amides is 1. The Bertz CT molecular complexity index is 1190. The maximum absolute atomic E-state index is 13.1. The van der Waals surface area contributed by atoms with Crippen LogP contribution in [0.5, 0.6) is 5.75 Å². The lowest BCUT2D eigenvalue weighted by molar-refractivity contribution is 0.0951. The van der Waals surface area contributed by atoms with Crippen LogP contribution in [0.4, 0.5) is 15.9 Å². The molecule has 6 nitrogen and oxygen atoms in total. The Hall–Kier alpha value is -4.26. The van der Waals surface area contributed by atoms with Crippen LogP contribution in [0.15, 0.2) is 84.9 Å². The van der Waals surface area contributed by atoms with Gasteiger partial charge in [-0.2, -0.15) is 0 Å². The van der Waals surface area contributed by atoms with Gasteiger partial charge in [-0.05, 0) is 72.3 Å². The van der Waals surface area contributed by atoms with Crippen molar-refractivity contribution < 1.29 is 13.9 Å². The first-order valence-electron chi connectivity index (χ1n) is 9.98. The number of benzene rings is 3. The Labute approximate surface area is 185 Å². The molecule has 0 aliphatic rings. The van der Waals surface area contributed by atoms with E-state index in [2.05, 4.69) is 20.8 Å². The number of rotatable bonds is 7. The first-order valence-corrected chi connectivity index (χ1v) is 9.98. The van der Waals surface area contributed by atoms with Crippen molar-refractivity contribution in [2.75, 3.05) is 12.4 Å². The number of hydrogen-bond donors (Lipinski definition) is 2. The summed E-state index contributed by atoms with van der Waals surface area (Å²) in [5, 5.41) is 14.4. The summed E-state index contributed by atoms with van der Waals surface area (Å²) in [6.45, 7) is 0.413. The van der Waals surface area contributed by atoms with Gasteiger partial charge < -0.3 is 15.4 Å². The Kier molecular flexibility index (Phi) is 6.36. The molecule has 0 aliphatic heterocycles. The van der Waals surface area contributed by atoms with Crippen molar-refractivity contribution in [3.8, 4) is 17.0 Å². The molecular formula is C25H21FN4O2. The molecule has 0 spiro atoms. The second-order valence-corrected chi connectivity index (χ2v) is 7.05. The third kappa shape index (κ3) is 5.26. The van der Waals surface area contributed by atoms with Gasteiger partial charge in [-0.25, -0.2) is 4.39 Å². The largest absolute Gasteiger partial charge is 0.497 e. The van der Waals surface area contributed by atoms with Gasteiger partial charge in [-0.15, -0.1) is 10.2 Å². The summed E-state index contributed by atoms with van der Waals surface area (Å²) in [5.41, 5.74) is 3.64.